The van der Waals surface area contributed by atoms with Gasteiger partial charge in [0, 0.05) is 7.11 Å². The van der Waals surface area contributed by atoms with Crippen LogP contribution in [0.1, 0.15) is 18.6 Å². The van der Waals surface area contributed by atoms with Crippen LogP contribution < -0.4 is 0 Å². The lowest BCUT2D eigenvalue weighted by atomic mass is 10.2. The summed E-state index contributed by atoms with van der Waals surface area (Å²) < 4.78 is 5.10. The Morgan fingerprint density at radius 3 is 2.89 bits per heavy atom. The second kappa shape index (κ2) is 2.99. The van der Waals surface area contributed by atoms with Gasteiger partial charge in [0.15, 0.2) is 0 Å². The fourth-order valence-corrected chi connectivity index (χ4v) is 1.38. The van der Waals surface area contributed by atoms with Gasteiger partial charge < -0.3 is 4.74 Å². The Morgan fingerprint density at radius 2 is 2.44 bits per heavy atom. The molecule has 1 aromatic heterocycles. The largest absolute Gasteiger partial charge is 0.377 e. The van der Waals surface area contributed by atoms with Gasteiger partial charge in [0.25, 0.3) is 0 Å². The van der Waals surface area contributed by atoms with E-state index < -0.39 is 0 Å². The van der Waals surface area contributed by atoms with Crippen molar-refractivity contribution in [1.82, 2.24) is 0 Å². The first-order valence-electron chi connectivity index (χ1n) is 2.89. The molecule has 0 amide bonds. The molecule has 1 nitrogen and oxygen atoms in total. The molecule has 1 atom stereocenters. The Kier molecular flexibility index (Phi) is 2.25. The fraction of sp³-hybridized carbons (Fsp3) is 0.429. The van der Waals surface area contributed by atoms with Gasteiger partial charge >= 0.3 is 0 Å². The van der Waals surface area contributed by atoms with Gasteiger partial charge in [-0.25, -0.2) is 0 Å². The van der Waals surface area contributed by atoms with Crippen LogP contribution in [-0.4, -0.2) is 7.11 Å². The average Bonchev–Trinajstić information content (AvgIpc) is 2.37. The molecule has 0 N–H and O–H groups in total. The Labute approximate surface area is 59.3 Å². The average molecular weight is 142 g/mol. The topological polar surface area (TPSA) is 9.23 Å². The molecule has 0 aliphatic heterocycles. The highest BCUT2D eigenvalue weighted by Crippen LogP contribution is 2.17. The van der Waals surface area contributed by atoms with Crippen LogP contribution in [0.3, 0.4) is 0 Å². The molecular formula is C7H10OS. The lowest BCUT2D eigenvalue weighted by molar-refractivity contribution is 0.120. The van der Waals surface area contributed by atoms with E-state index >= 15 is 0 Å². The van der Waals surface area contributed by atoms with E-state index in [0.29, 0.717) is 0 Å². The summed E-state index contributed by atoms with van der Waals surface area (Å²) in [4.78, 5) is 0. The van der Waals surface area contributed by atoms with Crippen molar-refractivity contribution in [3.8, 4) is 0 Å². The summed E-state index contributed by atoms with van der Waals surface area (Å²) in [6.07, 6.45) is 0.247. The van der Waals surface area contributed by atoms with Crippen LogP contribution in [0.4, 0.5) is 0 Å². The van der Waals surface area contributed by atoms with E-state index in [0.717, 1.165) is 0 Å². The molecule has 0 aliphatic rings. The molecule has 0 fully saturated rings. The van der Waals surface area contributed by atoms with Gasteiger partial charge in [-0.05, 0) is 29.3 Å². The zero-order valence-corrected chi connectivity index (χ0v) is 6.44. The molecule has 0 saturated carbocycles. The van der Waals surface area contributed by atoms with Gasteiger partial charge in [-0.15, -0.1) is 0 Å². The summed E-state index contributed by atoms with van der Waals surface area (Å²) in [6, 6.07) is 2.08. The minimum absolute atomic E-state index is 0.247. The minimum Gasteiger partial charge on any atom is -0.377 e. The van der Waals surface area contributed by atoms with E-state index in [-0.39, 0.29) is 6.10 Å². The Balaban J connectivity index is 2.65. The molecular weight excluding hydrogens is 132 g/mol. The normalized spacial score (nSPS) is 13.6. The van der Waals surface area contributed by atoms with Gasteiger partial charge in [0.2, 0.25) is 0 Å². The van der Waals surface area contributed by atoms with Crippen LogP contribution in [0.2, 0.25) is 0 Å². The summed E-state index contributed by atoms with van der Waals surface area (Å²) in [5.74, 6) is 0. The van der Waals surface area contributed by atoms with E-state index in [4.69, 9.17) is 4.74 Å². The highest BCUT2D eigenvalue weighted by Gasteiger charge is 2.00. The summed E-state index contributed by atoms with van der Waals surface area (Å²) in [5, 5.41) is 4.17. The van der Waals surface area contributed by atoms with Crippen LogP contribution >= 0.6 is 11.3 Å². The summed E-state index contributed by atoms with van der Waals surface area (Å²) in [6.45, 7) is 2.04. The fourth-order valence-electron chi connectivity index (χ4n) is 0.642. The van der Waals surface area contributed by atoms with Gasteiger partial charge in [-0.2, -0.15) is 11.3 Å². The molecule has 0 bridgehead atoms. The number of ether oxygens (including phenoxy) is 1. The van der Waals surface area contributed by atoms with E-state index in [1.807, 2.05) is 6.92 Å². The molecule has 1 rings (SSSR count). The number of thiophene rings is 1. The third-order valence-electron chi connectivity index (χ3n) is 1.37. The molecule has 9 heavy (non-hydrogen) atoms. The van der Waals surface area contributed by atoms with Gasteiger partial charge in [-0.1, -0.05) is 0 Å². The van der Waals surface area contributed by atoms with Crippen LogP contribution in [0.5, 0.6) is 0 Å². The highest BCUT2D eigenvalue weighted by molar-refractivity contribution is 7.07. The Hall–Kier alpha value is -0.340. The van der Waals surface area contributed by atoms with Gasteiger partial charge in [0.05, 0.1) is 6.10 Å². The van der Waals surface area contributed by atoms with Crippen molar-refractivity contribution in [2.45, 2.75) is 13.0 Å². The maximum absolute atomic E-state index is 5.10. The molecule has 2 heteroatoms. The predicted octanol–water partition coefficient (Wildman–Crippen LogP) is 2.46. The standard InChI is InChI=1S/C7H10OS/c1-6(8-2)7-3-4-9-5-7/h3-6H,1-2H3/t6-/m1/s1. The van der Waals surface area contributed by atoms with Crippen molar-refractivity contribution < 1.29 is 4.74 Å². The van der Waals surface area contributed by atoms with Crippen molar-refractivity contribution in [3.63, 3.8) is 0 Å². The molecule has 0 radical (unpaired) electrons. The molecule has 1 aromatic rings. The maximum Gasteiger partial charge on any atom is 0.0801 e. The minimum atomic E-state index is 0.247. The van der Waals surface area contributed by atoms with Crippen LogP contribution in [0.25, 0.3) is 0 Å². The van der Waals surface area contributed by atoms with Crippen molar-refractivity contribution >= 4 is 11.3 Å². The van der Waals surface area contributed by atoms with E-state index in [1.165, 1.54) is 5.56 Å². The smallest absolute Gasteiger partial charge is 0.0801 e. The quantitative estimate of drug-likeness (QED) is 0.616. The second-order valence-corrected chi connectivity index (χ2v) is 2.71. The first-order chi connectivity index (χ1) is 4.34. The predicted molar refractivity (Wildman–Crippen MR) is 39.7 cm³/mol. The number of methoxy groups -OCH3 is 1. The van der Waals surface area contributed by atoms with Crippen LogP contribution in [0, 0.1) is 0 Å². The Bertz CT molecular complexity index is 157. The van der Waals surface area contributed by atoms with Crippen LogP contribution in [0.15, 0.2) is 16.8 Å². The van der Waals surface area contributed by atoms with Gasteiger partial charge in [0.1, 0.15) is 0 Å². The van der Waals surface area contributed by atoms with Crippen molar-refractivity contribution in [3.05, 3.63) is 22.4 Å². The maximum atomic E-state index is 5.10. The second-order valence-electron chi connectivity index (χ2n) is 1.93. The first kappa shape index (κ1) is 6.78. The monoisotopic (exact) mass is 142 g/mol. The molecule has 50 valence electrons. The molecule has 0 spiro atoms. The Morgan fingerprint density at radius 1 is 1.67 bits per heavy atom. The van der Waals surface area contributed by atoms with Crippen molar-refractivity contribution in [2.75, 3.05) is 7.11 Å². The lowest BCUT2D eigenvalue weighted by Crippen LogP contribution is -1.91. The summed E-state index contributed by atoms with van der Waals surface area (Å²) >= 11 is 1.70. The highest BCUT2D eigenvalue weighted by atomic mass is 32.1. The first-order valence-corrected chi connectivity index (χ1v) is 3.83. The van der Waals surface area contributed by atoms with E-state index in [9.17, 15) is 0 Å². The zero-order valence-electron chi connectivity index (χ0n) is 5.63. The number of rotatable bonds is 2. The summed E-state index contributed by atoms with van der Waals surface area (Å²) in [7, 11) is 1.72. The van der Waals surface area contributed by atoms with Crippen molar-refractivity contribution in [1.29, 1.82) is 0 Å². The lowest BCUT2D eigenvalue weighted by Gasteiger charge is -2.04. The molecule has 1 heterocycles. The third kappa shape index (κ3) is 1.53. The van der Waals surface area contributed by atoms with E-state index in [1.54, 1.807) is 18.4 Å². The third-order valence-corrected chi connectivity index (χ3v) is 2.07. The summed E-state index contributed by atoms with van der Waals surface area (Å²) in [5.41, 5.74) is 1.27. The van der Waals surface area contributed by atoms with Crippen LogP contribution in [-0.2, 0) is 4.74 Å². The molecule has 0 saturated heterocycles. The zero-order chi connectivity index (χ0) is 6.69. The molecule has 0 unspecified atom stereocenters. The number of hydrogen-bond donors (Lipinski definition) is 0. The van der Waals surface area contributed by atoms with Crippen molar-refractivity contribution in [2.24, 2.45) is 0 Å². The van der Waals surface area contributed by atoms with Gasteiger partial charge in [-0.3, -0.25) is 0 Å². The van der Waals surface area contributed by atoms with E-state index in [2.05, 4.69) is 16.8 Å². The number of hydrogen-bond acceptors (Lipinski definition) is 2. The SMILES string of the molecule is CO[C@H](C)c1ccsc1. The molecule has 0 aromatic carbocycles. The molecule has 0 aliphatic carbocycles.